The van der Waals surface area contributed by atoms with Gasteiger partial charge in [0.1, 0.15) is 18.4 Å². The van der Waals surface area contributed by atoms with Gasteiger partial charge < -0.3 is 4.74 Å². The van der Waals surface area contributed by atoms with Gasteiger partial charge in [-0.2, -0.15) is 0 Å². The Kier molecular flexibility index (Phi) is 3.46. The van der Waals surface area contributed by atoms with Gasteiger partial charge in [0.05, 0.1) is 0 Å². The topological polar surface area (TPSA) is 52.1 Å². The number of carbonyl (C=O) groups excluding carboxylic acids is 1. The van der Waals surface area contributed by atoms with Crippen molar-refractivity contribution < 1.29 is 22.7 Å². The van der Waals surface area contributed by atoms with Crippen LogP contribution in [0.2, 0.25) is 0 Å². The van der Waals surface area contributed by atoms with Gasteiger partial charge in [-0.15, -0.1) is 13.2 Å². The van der Waals surface area contributed by atoms with Gasteiger partial charge in [-0.05, 0) is 23.8 Å². The highest BCUT2D eigenvalue weighted by atomic mass is 19.4. The SMILES string of the molecule is O=Cc1cc(OC(F)(F)F)cc(-c2cncnc2)c1. The van der Waals surface area contributed by atoms with Crippen LogP contribution >= 0.6 is 0 Å². The van der Waals surface area contributed by atoms with Gasteiger partial charge in [0.25, 0.3) is 0 Å². The molecule has 0 amide bonds. The Morgan fingerprint density at radius 1 is 1.05 bits per heavy atom. The molecule has 0 radical (unpaired) electrons. The molecular formula is C12H7F3N2O2. The third-order valence-corrected chi connectivity index (χ3v) is 2.19. The number of rotatable bonds is 3. The standard InChI is InChI=1S/C12H7F3N2O2/c13-12(14,15)19-11-2-8(6-18)1-9(3-11)10-4-16-7-17-5-10/h1-7H. The molecule has 19 heavy (non-hydrogen) atoms. The number of hydrogen-bond acceptors (Lipinski definition) is 4. The third kappa shape index (κ3) is 3.51. The summed E-state index contributed by atoms with van der Waals surface area (Å²) in [5.41, 5.74) is 0.920. The van der Waals surface area contributed by atoms with E-state index >= 15 is 0 Å². The van der Waals surface area contributed by atoms with Crippen molar-refractivity contribution >= 4 is 6.29 Å². The number of hydrogen-bond donors (Lipinski definition) is 0. The quantitative estimate of drug-likeness (QED) is 0.803. The maximum Gasteiger partial charge on any atom is 0.573 e. The first-order valence-corrected chi connectivity index (χ1v) is 5.09. The minimum atomic E-state index is -4.81. The van der Waals surface area contributed by atoms with Gasteiger partial charge in [0, 0.05) is 23.5 Å². The van der Waals surface area contributed by atoms with Crippen LogP contribution in [-0.2, 0) is 0 Å². The maximum atomic E-state index is 12.2. The molecule has 0 bridgehead atoms. The van der Waals surface area contributed by atoms with Crippen LogP contribution in [0, 0.1) is 0 Å². The van der Waals surface area contributed by atoms with Gasteiger partial charge in [-0.1, -0.05) is 0 Å². The van der Waals surface area contributed by atoms with Crippen molar-refractivity contribution in [3.63, 3.8) is 0 Å². The number of aromatic nitrogens is 2. The molecule has 1 aromatic carbocycles. The fraction of sp³-hybridized carbons (Fsp3) is 0.0833. The summed E-state index contributed by atoms with van der Waals surface area (Å²) in [7, 11) is 0. The van der Waals surface area contributed by atoms with Crippen molar-refractivity contribution in [2.75, 3.05) is 0 Å². The average Bonchev–Trinajstić information content (AvgIpc) is 2.37. The predicted molar refractivity (Wildman–Crippen MR) is 59.5 cm³/mol. The lowest BCUT2D eigenvalue weighted by Gasteiger charge is -2.11. The fourth-order valence-electron chi connectivity index (χ4n) is 1.50. The normalized spacial score (nSPS) is 11.1. The number of carbonyl (C=O) groups is 1. The van der Waals surface area contributed by atoms with Crippen LogP contribution in [0.5, 0.6) is 5.75 Å². The lowest BCUT2D eigenvalue weighted by atomic mass is 10.1. The van der Waals surface area contributed by atoms with Crippen molar-refractivity contribution in [1.29, 1.82) is 0 Å². The van der Waals surface area contributed by atoms with Gasteiger partial charge in [0.15, 0.2) is 0 Å². The molecule has 0 N–H and O–H groups in total. The lowest BCUT2D eigenvalue weighted by Crippen LogP contribution is -2.17. The summed E-state index contributed by atoms with van der Waals surface area (Å²) in [4.78, 5) is 18.3. The van der Waals surface area contributed by atoms with Crippen LogP contribution in [0.4, 0.5) is 13.2 Å². The van der Waals surface area contributed by atoms with Crippen molar-refractivity contribution in [2.24, 2.45) is 0 Å². The highest BCUT2D eigenvalue weighted by molar-refractivity contribution is 5.80. The Hall–Kier alpha value is -2.44. The van der Waals surface area contributed by atoms with Gasteiger partial charge in [-0.25, -0.2) is 9.97 Å². The first kappa shape index (κ1) is 13.0. The second-order valence-electron chi connectivity index (χ2n) is 3.58. The molecule has 7 heteroatoms. The van der Waals surface area contributed by atoms with E-state index < -0.39 is 12.1 Å². The minimum absolute atomic E-state index is 0.0700. The van der Waals surface area contributed by atoms with Crippen molar-refractivity contribution in [2.45, 2.75) is 6.36 Å². The number of aldehydes is 1. The Bertz CT molecular complexity index is 585. The zero-order valence-electron chi connectivity index (χ0n) is 9.39. The molecule has 0 saturated carbocycles. The van der Waals surface area contributed by atoms with E-state index in [4.69, 9.17) is 0 Å². The van der Waals surface area contributed by atoms with Crippen LogP contribution < -0.4 is 4.74 Å². The predicted octanol–water partition coefficient (Wildman–Crippen LogP) is 2.85. The summed E-state index contributed by atoms with van der Waals surface area (Å²) in [6, 6.07) is 3.60. The first-order valence-electron chi connectivity index (χ1n) is 5.09. The molecule has 0 aliphatic rings. The molecule has 1 aromatic heterocycles. The molecular weight excluding hydrogens is 261 g/mol. The zero-order valence-corrected chi connectivity index (χ0v) is 9.39. The van der Waals surface area contributed by atoms with Crippen LogP contribution in [0.3, 0.4) is 0 Å². The van der Waals surface area contributed by atoms with E-state index in [1.165, 1.54) is 30.9 Å². The molecule has 4 nitrogen and oxygen atoms in total. The summed E-state index contributed by atoms with van der Waals surface area (Å²) >= 11 is 0. The molecule has 2 rings (SSSR count). The van der Waals surface area contributed by atoms with Crippen LogP contribution in [0.1, 0.15) is 10.4 Å². The molecule has 2 aromatic rings. The number of benzene rings is 1. The highest BCUT2D eigenvalue weighted by Gasteiger charge is 2.31. The van der Waals surface area contributed by atoms with Crippen LogP contribution in [-0.4, -0.2) is 22.6 Å². The lowest BCUT2D eigenvalue weighted by molar-refractivity contribution is -0.274. The van der Waals surface area contributed by atoms with E-state index in [0.717, 1.165) is 6.07 Å². The van der Waals surface area contributed by atoms with Gasteiger partial charge in [0.2, 0.25) is 0 Å². The summed E-state index contributed by atoms with van der Waals surface area (Å²) in [5, 5.41) is 0. The largest absolute Gasteiger partial charge is 0.573 e. The summed E-state index contributed by atoms with van der Waals surface area (Å²) < 4.78 is 40.3. The molecule has 0 spiro atoms. The van der Waals surface area contributed by atoms with Gasteiger partial charge >= 0.3 is 6.36 Å². The Balaban J connectivity index is 2.45. The number of halogens is 3. The fourth-order valence-corrected chi connectivity index (χ4v) is 1.50. The molecule has 0 fully saturated rings. The van der Waals surface area contributed by atoms with Crippen molar-refractivity contribution in [3.8, 4) is 16.9 Å². The van der Waals surface area contributed by atoms with E-state index in [-0.39, 0.29) is 5.56 Å². The molecule has 98 valence electrons. The monoisotopic (exact) mass is 268 g/mol. The zero-order chi connectivity index (χ0) is 13.9. The number of alkyl halides is 3. The van der Waals surface area contributed by atoms with Crippen LogP contribution in [0.25, 0.3) is 11.1 Å². The summed E-state index contributed by atoms with van der Waals surface area (Å²) in [6.07, 6.45) is -0.231. The second-order valence-corrected chi connectivity index (χ2v) is 3.58. The highest BCUT2D eigenvalue weighted by Crippen LogP contribution is 2.28. The van der Waals surface area contributed by atoms with Crippen molar-refractivity contribution in [1.82, 2.24) is 9.97 Å². The third-order valence-electron chi connectivity index (χ3n) is 2.19. The first-order chi connectivity index (χ1) is 8.98. The van der Waals surface area contributed by atoms with E-state index in [2.05, 4.69) is 14.7 Å². The Morgan fingerprint density at radius 3 is 2.32 bits per heavy atom. The summed E-state index contributed by atoms with van der Waals surface area (Å²) in [5.74, 6) is -0.462. The minimum Gasteiger partial charge on any atom is -0.406 e. The summed E-state index contributed by atoms with van der Waals surface area (Å²) in [6.45, 7) is 0. The molecule has 0 aliphatic carbocycles. The molecule has 0 saturated heterocycles. The van der Waals surface area contributed by atoms with E-state index in [0.29, 0.717) is 17.4 Å². The van der Waals surface area contributed by atoms with E-state index in [1.54, 1.807) is 0 Å². The number of ether oxygens (including phenoxy) is 1. The van der Waals surface area contributed by atoms with Crippen molar-refractivity contribution in [3.05, 3.63) is 42.5 Å². The van der Waals surface area contributed by atoms with E-state index in [1.807, 2.05) is 0 Å². The Labute approximate surface area is 105 Å². The Morgan fingerprint density at radius 2 is 1.74 bits per heavy atom. The van der Waals surface area contributed by atoms with Gasteiger partial charge in [-0.3, -0.25) is 4.79 Å². The molecule has 0 unspecified atom stereocenters. The van der Waals surface area contributed by atoms with Crippen LogP contribution in [0.15, 0.2) is 36.9 Å². The average molecular weight is 268 g/mol. The number of nitrogens with zero attached hydrogens (tertiary/aromatic N) is 2. The maximum absolute atomic E-state index is 12.2. The molecule has 0 aliphatic heterocycles. The van der Waals surface area contributed by atoms with E-state index in [9.17, 15) is 18.0 Å². The second kappa shape index (κ2) is 5.05. The molecule has 0 atom stereocenters. The molecule has 1 heterocycles. The smallest absolute Gasteiger partial charge is 0.406 e.